The van der Waals surface area contributed by atoms with Crippen LogP contribution in [0.3, 0.4) is 0 Å². The van der Waals surface area contributed by atoms with Crippen LogP contribution in [-0.4, -0.2) is 17.3 Å². The largest absolute Gasteiger partial charge is 0.497 e. The predicted octanol–water partition coefficient (Wildman–Crippen LogP) is 2.12. The predicted molar refractivity (Wildman–Crippen MR) is 70.4 cm³/mol. The van der Waals surface area contributed by atoms with Gasteiger partial charge in [-0.3, -0.25) is 4.79 Å². The quantitative estimate of drug-likeness (QED) is 0.779. The first kappa shape index (κ1) is 11.5. The molecule has 2 heterocycles. The van der Waals surface area contributed by atoms with E-state index in [1.165, 1.54) is 0 Å². The molecule has 0 radical (unpaired) electrons. The fourth-order valence-corrected chi connectivity index (χ4v) is 2.04. The number of methoxy groups -OCH3 is 1. The van der Waals surface area contributed by atoms with Crippen molar-refractivity contribution in [2.45, 2.75) is 6.42 Å². The molecule has 5 nitrogen and oxygen atoms in total. The van der Waals surface area contributed by atoms with Gasteiger partial charge in [-0.1, -0.05) is 0 Å². The number of rotatable bonds is 3. The zero-order valence-corrected chi connectivity index (χ0v) is 10.3. The Kier molecular flexibility index (Phi) is 2.79. The van der Waals surface area contributed by atoms with Crippen molar-refractivity contribution in [1.29, 1.82) is 0 Å². The van der Waals surface area contributed by atoms with E-state index in [2.05, 4.69) is 10.2 Å². The lowest BCUT2D eigenvalue weighted by molar-refractivity contribution is 0.415. The van der Waals surface area contributed by atoms with E-state index in [-0.39, 0.29) is 5.56 Å². The minimum atomic E-state index is -0.225. The van der Waals surface area contributed by atoms with Gasteiger partial charge in [-0.2, -0.15) is 5.10 Å². The highest BCUT2D eigenvalue weighted by molar-refractivity contribution is 5.85. The summed E-state index contributed by atoms with van der Waals surface area (Å²) in [5.41, 5.74) is 0.546. The van der Waals surface area contributed by atoms with Gasteiger partial charge < -0.3 is 9.15 Å². The molecular weight excluding hydrogens is 244 g/mol. The fraction of sp³-hybridized carbons (Fsp3) is 0.143. The van der Waals surface area contributed by atoms with Crippen LogP contribution in [0.2, 0.25) is 0 Å². The van der Waals surface area contributed by atoms with E-state index in [4.69, 9.17) is 9.15 Å². The van der Waals surface area contributed by atoms with Gasteiger partial charge in [0, 0.05) is 5.39 Å². The van der Waals surface area contributed by atoms with Crippen molar-refractivity contribution in [3.05, 3.63) is 58.4 Å². The Morgan fingerprint density at radius 3 is 2.95 bits per heavy atom. The van der Waals surface area contributed by atoms with E-state index in [9.17, 15) is 4.79 Å². The first-order chi connectivity index (χ1) is 9.28. The lowest BCUT2D eigenvalue weighted by Gasteiger charge is -2.05. The summed E-state index contributed by atoms with van der Waals surface area (Å²) in [5.74, 6) is 1.45. The number of fused-ring (bicyclic) bond motifs is 1. The molecule has 96 valence electrons. The lowest BCUT2D eigenvalue weighted by Crippen LogP contribution is -2.11. The molecule has 3 rings (SSSR count). The van der Waals surface area contributed by atoms with Gasteiger partial charge in [-0.15, -0.1) is 0 Å². The number of aromatic amines is 1. The van der Waals surface area contributed by atoms with E-state index >= 15 is 0 Å². The average Bonchev–Trinajstić information content (AvgIpc) is 2.94. The molecule has 1 N–H and O–H groups in total. The second-order valence-electron chi connectivity index (χ2n) is 4.17. The zero-order chi connectivity index (χ0) is 13.2. The number of hydrogen-bond acceptors (Lipinski definition) is 4. The molecule has 3 aromatic rings. The Labute approximate surface area is 108 Å². The summed E-state index contributed by atoms with van der Waals surface area (Å²) in [4.78, 5) is 11.8. The van der Waals surface area contributed by atoms with Crippen LogP contribution in [0.5, 0.6) is 5.75 Å². The smallest absolute Gasteiger partial charge is 0.272 e. The number of H-pyrrole nitrogens is 1. The number of nitrogens with zero attached hydrogens (tertiary/aromatic N) is 1. The summed E-state index contributed by atoms with van der Waals surface area (Å²) in [6.45, 7) is 0. The van der Waals surface area contributed by atoms with E-state index in [1.807, 2.05) is 24.3 Å². The maximum absolute atomic E-state index is 11.8. The first-order valence-electron chi connectivity index (χ1n) is 5.85. The molecule has 0 atom stereocenters. The lowest BCUT2D eigenvalue weighted by atomic mass is 10.1. The topological polar surface area (TPSA) is 68.1 Å². The molecule has 2 aromatic heterocycles. The Balaban J connectivity index is 2.15. The Hall–Kier alpha value is -2.56. The van der Waals surface area contributed by atoms with Gasteiger partial charge in [0.25, 0.3) is 5.56 Å². The standard InChI is InChI=1S/C14H12N2O3/c1-18-9-4-5-11-12(7-9)14(17)16-15-13(11)8-10-3-2-6-19-10/h2-7H,8H2,1H3,(H,16,17). The maximum Gasteiger partial charge on any atom is 0.272 e. The highest BCUT2D eigenvalue weighted by atomic mass is 16.5. The van der Waals surface area contributed by atoms with Crippen molar-refractivity contribution in [1.82, 2.24) is 10.2 Å². The third-order valence-corrected chi connectivity index (χ3v) is 3.00. The van der Waals surface area contributed by atoms with E-state index in [1.54, 1.807) is 19.4 Å². The van der Waals surface area contributed by atoms with Gasteiger partial charge in [-0.25, -0.2) is 5.10 Å². The van der Waals surface area contributed by atoms with Crippen molar-refractivity contribution in [2.24, 2.45) is 0 Å². The molecular formula is C14H12N2O3. The van der Waals surface area contributed by atoms with Crippen LogP contribution >= 0.6 is 0 Å². The molecule has 1 aromatic carbocycles. The van der Waals surface area contributed by atoms with Crippen LogP contribution < -0.4 is 10.3 Å². The van der Waals surface area contributed by atoms with Crippen LogP contribution in [-0.2, 0) is 6.42 Å². The summed E-state index contributed by atoms with van der Waals surface area (Å²) in [5, 5.41) is 7.97. The van der Waals surface area contributed by atoms with E-state index in [0.717, 1.165) is 16.8 Å². The van der Waals surface area contributed by atoms with Crippen LogP contribution in [0, 0.1) is 0 Å². The van der Waals surface area contributed by atoms with Crippen molar-refractivity contribution >= 4 is 10.8 Å². The van der Waals surface area contributed by atoms with Crippen molar-refractivity contribution in [2.75, 3.05) is 7.11 Å². The Morgan fingerprint density at radius 2 is 2.21 bits per heavy atom. The SMILES string of the molecule is COc1ccc2c(Cc3ccco3)n[nH]c(=O)c2c1. The molecule has 0 bridgehead atoms. The van der Waals surface area contributed by atoms with E-state index in [0.29, 0.717) is 17.6 Å². The maximum atomic E-state index is 11.8. The van der Waals surface area contributed by atoms with Gasteiger partial charge in [0.2, 0.25) is 0 Å². The number of ether oxygens (including phenoxy) is 1. The summed E-state index contributed by atoms with van der Waals surface area (Å²) < 4.78 is 10.4. The molecule has 0 saturated carbocycles. The van der Waals surface area contributed by atoms with Gasteiger partial charge in [0.1, 0.15) is 11.5 Å². The number of benzene rings is 1. The molecule has 5 heteroatoms. The highest BCUT2D eigenvalue weighted by Crippen LogP contribution is 2.21. The third kappa shape index (κ3) is 2.10. The van der Waals surface area contributed by atoms with Gasteiger partial charge in [0.15, 0.2) is 0 Å². The molecule has 0 amide bonds. The summed E-state index contributed by atoms with van der Waals surface area (Å²) >= 11 is 0. The highest BCUT2D eigenvalue weighted by Gasteiger charge is 2.09. The van der Waals surface area contributed by atoms with Crippen LogP contribution in [0.4, 0.5) is 0 Å². The number of nitrogens with one attached hydrogen (secondary N) is 1. The summed E-state index contributed by atoms with van der Waals surface area (Å²) in [6, 6.07) is 9.07. The normalized spacial score (nSPS) is 10.8. The fourth-order valence-electron chi connectivity index (χ4n) is 2.04. The molecule has 19 heavy (non-hydrogen) atoms. The van der Waals surface area contributed by atoms with Crippen LogP contribution in [0.25, 0.3) is 10.8 Å². The molecule has 0 unspecified atom stereocenters. The molecule has 0 aliphatic heterocycles. The van der Waals surface area contributed by atoms with E-state index < -0.39 is 0 Å². The van der Waals surface area contributed by atoms with Crippen LogP contribution in [0.15, 0.2) is 45.8 Å². The van der Waals surface area contributed by atoms with Crippen LogP contribution in [0.1, 0.15) is 11.5 Å². The molecule has 0 saturated heterocycles. The Morgan fingerprint density at radius 1 is 1.32 bits per heavy atom. The van der Waals surface area contributed by atoms with Crippen molar-refractivity contribution in [3.63, 3.8) is 0 Å². The monoisotopic (exact) mass is 256 g/mol. The molecule has 0 spiro atoms. The molecule has 0 aliphatic rings. The van der Waals surface area contributed by atoms with Gasteiger partial charge in [-0.05, 0) is 30.3 Å². The van der Waals surface area contributed by atoms with Gasteiger partial charge >= 0.3 is 0 Å². The number of hydrogen-bond donors (Lipinski definition) is 1. The number of aromatic nitrogens is 2. The molecule has 0 aliphatic carbocycles. The van der Waals surface area contributed by atoms with Crippen molar-refractivity contribution < 1.29 is 9.15 Å². The van der Waals surface area contributed by atoms with Gasteiger partial charge in [0.05, 0.1) is 30.9 Å². The number of furan rings is 1. The molecule has 0 fully saturated rings. The minimum Gasteiger partial charge on any atom is -0.497 e. The second kappa shape index (κ2) is 4.61. The summed E-state index contributed by atoms with van der Waals surface area (Å²) in [7, 11) is 1.57. The van der Waals surface area contributed by atoms with Crippen molar-refractivity contribution in [3.8, 4) is 5.75 Å². The third-order valence-electron chi connectivity index (χ3n) is 3.00. The Bertz CT molecular complexity index is 760. The summed E-state index contributed by atoms with van der Waals surface area (Å²) in [6.07, 6.45) is 2.15. The minimum absolute atomic E-state index is 0.225. The zero-order valence-electron chi connectivity index (χ0n) is 10.3. The second-order valence-corrected chi connectivity index (χ2v) is 4.17. The first-order valence-corrected chi connectivity index (χ1v) is 5.85. The average molecular weight is 256 g/mol.